The summed E-state index contributed by atoms with van der Waals surface area (Å²) in [7, 11) is 0. The molecule has 0 atom stereocenters. The van der Waals surface area contributed by atoms with Crippen molar-refractivity contribution in [2.75, 3.05) is 4.90 Å². The van der Waals surface area contributed by atoms with Crippen LogP contribution in [0.4, 0.5) is 15.6 Å². The predicted octanol–water partition coefficient (Wildman–Crippen LogP) is 5.74. The second-order valence-corrected chi connectivity index (χ2v) is 9.86. The van der Waals surface area contributed by atoms with Crippen molar-refractivity contribution < 1.29 is 14.4 Å². The fraction of sp³-hybridized carbons (Fsp3) is 0.182. The van der Waals surface area contributed by atoms with Crippen LogP contribution in [0.5, 0.6) is 0 Å². The molecule has 1 aliphatic heterocycles. The topological polar surface area (TPSA) is 70.6 Å². The van der Waals surface area contributed by atoms with Crippen molar-refractivity contribution in [2.45, 2.75) is 27.3 Å². The molecule has 1 saturated heterocycles. The number of thiazole rings is 1. The largest absolute Gasteiger partial charge is 0.293 e. The number of anilines is 2. The molecule has 0 radical (unpaired) electrons. The van der Waals surface area contributed by atoms with Gasteiger partial charge in [0.05, 0.1) is 22.8 Å². The number of aromatic nitrogens is 1. The Morgan fingerprint density at radius 1 is 1.19 bits per heavy atom. The molecule has 0 N–H and O–H groups in total. The molecule has 1 aliphatic rings. The second-order valence-electron chi connectivity index (χ2n) is 7.05. The number of aryl methyl sites for hydroxylation is 2. The van der Waals surface area contributed by atoms with Crippen molar-refractivity contribution in [2.24, 2.45) is 0 Å². The van der Waals surface area contributed by atoms with Crippen molar-refractivity contribution in [3.8, 4) is 0 Å². The van der Waals surface area contributed by atoms with Crippen LogP contribution >= 0.6 is 34.4 Å². The first-order valence-corrected chi connectivity index (χ1v) is 12.0. The molecule has 0 saturated carbocycles. The molecule has 0 spiro atoms. The van der Waals surface area contributed by atoms with Crippen molar-refractivity contribution in [3.63, 3.8) is 0 Å². The van der Waals surface area contributed by atoms with Gasteiger partial charge in [0.2, 0.25) is 5.91 Å². The van der Waals surface area contributed by atoms with Gasteiger partial charge >= 0.3 is 0 Å². The van der Waals surface area contributed by atoms with Crippen LogP contribution in [0.1, 0.15) is 28.6 Å². The summed E-state index contributed by atoms with van der Waals surface area (Å²) in [5.41, 5.74) is 3.41. The minimum Gasteiger partial charge on any atom is -0.274 e. The molecule has 3 amide bonds. The number of imide groups is 1. The van der Waals surface area contributed by atoms with Gasteiger partial charge in [0, 0.05) is 17.2 Å². The lowest BCUT2D eigenvalue weighted by molar-refractivity contribution is -0.123. The van der Waals surface area contributed by atoms with Gasteiger partial charge in [0.15, 0.2) is 5.13 Å². The van der Waals surface area contributed by atoms with Crippen LogP contribution in [0.25, 0.3) is 6.08 Å². The Hall–Kier alpha value is -2.75. The van der Waals surface area contributed by atoms with Gasteiger partial charge in [-0.1, -0.05) is 23.8 Å². The van der Waals surface area contributed by atoms with Crippen molar-refractivity contribution in [1.82, 2.24) is 9.88 Å². The van der Waals surface area contributed by atoms with Crippen LogP contribution in [0.15, 0.2) is 46.0 Å². The van der Waals surface area contributed by atoms with Crippen molar-refractivity contribution >= 4 is 68.4 Å². The summed E-state index contributed by atoms with van der Waals surface area (Å²) >= 11 is 3.75. The lowest BCUT2D eigenvalue weighted by atomic mass is 10.1. The Bertz CT molecular complexity index is 1200. The molecule has 1 fully saturated rings. The lowest BCUT2D eigenvalue weighted by Crippen LogP contribution is -2.28. The number of thiophene rings is 1. The first kappa shape index (κ1) is 21.5. The number of thioether (sulfide) groups is 1. The van der Waals surface area contributed by atoms with Crippen LogP contribution in [0.2, 0.25) is 0 Å². The molecule has 158 valence electrons. The summed E-state index contributed by atoms with van der Waals surface area (Å²) in [6.07, 6.45) is 1.74. The van der Waals surface area contributed by atoms with Gasteiger partial charge < -0.3 is 0 Å². The summed E-state index contributed by atoms with van der Waals surface area (Å²) in [6, 6.07) is 9.66. The zero-order valence-electron chi connectivity index (χ0n) is 17.1. The maximum Gasteiger partial charge on any atom is 0.293 e. The molecular weight excluding hydrogens is 450 g/mol. The SMILES string of the molecule is CC(=O)N(c1nc(CN2C(=O)S/C(=C\c3cccs3)C2=O)cs1)c1ccc(C)cc1C. The molecule has 1 aromatic carbocycles. The van der Waals surface area contributed by atoms with E-state index < -0.39 is 0 Å². The Morgan fingerprint density at radius 2 is 2.00 bits per heavy atom. The summed E-state index contributed by atoms with van der Waals surface area (Å²) in [5, 5.41) is 3.89. The zero-order valence-corrected chi connectivity index (χ0v) is 19.6. The maximum absolute atomic E-state index is 12.7. The minimum absolute atomic E-state index is 0.0710. The molecule has 0 aliphatic carbocycles. The fourth-order valence-electron chi connectivity index (χ4n) is 3.24. The Morgan fingerprint density at radius 3 is 2.68 bits per heavy atom. The molecule has 31 heavy (non-hydrogen) atoms. The van der Waals surface area contributed by atoms with Crippen LogP contribution in [0.3, 0.4) is 0 Å². The van der Waals surface area contributed by atoms with E-state index in [1.54, 1.807) is 16.4 Å². The van der Waals surface area contributed by atoms with Gasteiger partial charge in [-0.05, 0) is 54.8 Å². The number of amides is 3. The number of benzene rings is 1. The van der Waals surface area contributed by atoms with E-state index in [9.17, 15) is 14.4 Å². The Labute approximate surface area is 192 Å². The smallest absolute Gasteiger partial charge is 0.274 e. The van der Waals surface area contributed by atoms with Crippen LogP contribution in [0, 0.1) is 13.8 Å². The average Bonchev–Trinajstić information content (AvgIpc) is 3.43. The summed E-state index contributed by atoms with van der Waals surface area (Å²) < 4.78 is 0. The standard InChI is InChI=1S/C22H19N3O3S3/c1-13-6-7-18(14(2)9-13)25(15(3)26)21-23-16(12-30-21)11-24-20(27)19(31-22(24)28)10-17-5-4-8-29-17/h4-10,12H,11H2,1-3H3/b19-10-. The van der Waals surface area contributed by atoms with E-state index in [2.05, 4.69) is 4.98 Å². The van der Waals surface area contributed by atoms with Gasteiger partial charge in [-0.3, -0.25) is 24.2 Å². The number of nitrogens with zero attached hydrogens (tertiary/aromatic N) is 3. The third kappa shape index (κ3) is 4.48. The van der Waals surface area contributed by atoms with Gasteiger partial charge in [-0.25, -0.2) is 4.98 Å². The van der Waals surface area contributed by atoms with Gasteiger partial charge in [0.1, 0.15) is 0 Å². The van der Waals surface area contributed by atoms with Crippen LogP contribution in [-0.4, -0.2) is 26.9 Å². The number of rotatable bonds is 5. The van der Waals surface area contributed by atoms with E-state index in [0.29, 0.717) is 15.7 Å². The highest BCUT2D eigenvalue weighted by Crippen LogP contribution is 2.36. The summed E-state index contributed by atoms with van der Waals surface area (Å²) in [6.45, 7) is 5.51. The minimum atomic E-state index is -0.323. The van der Waals surface area contributed by atoms with Gasteiger partial charge in [0.25, 0.3) is 11.1 Å². The van der Waals surface area contributed by atoms with E-state index >= 15 is 0 Å². The summed E-state index contributed by atoms with van der Waals surface area (Å²) in [5.74, 6) is -0.478. The van der Waals surface area contributed by atoms with Crippen molar-refractivity contribution in [3.05, 3.63) is 67.7 Å². The predicted molar refractivity (Wildman–Crippen MR) is 127 cm³/mol. The highest BCUT2D eigenvalue weighted by molar-refractivity contribution is 8.18. The summed E-state index contributed by atoms with van der Waals surface area (Å²) in [4.78, 5) is 46.2. The number of hydrogen-bond donors (Lipinski definition) is 0. The third-order valence-electron chi connectivity index (χ3n) is 4.65. The monoisotopic (exact) mass is 469 g/mol. The molecule has 2 aromatic heterocycles. The highest BCUT2D eigenvalue weighted by atomic mass is 32.2. The van der Waals surface area contributed by atoms with Gasteiger partial charge in [-0.15, -0.1) is 22.7 Å². The average molecular weight is 470 g/mol. The molecule has 3 heterocycles. The fourth-order valence-corrected chi connectivity index (χ4v) is 5.67. The van der Waals surface area contributed by atoms with Crippen LogP contribution in [-0.2, 0) is 16.1 Å². The lowest BCUT2D eigenvalue weighted by Gasteiger charge is -2.20. The normalized spacial score (nSPS) is 15.2. The number of carbonyl (C=O) groups excluding carboxylic acids is 3. The quantitative estimate of drug-likeness (QED) is 0.446. The molecule has 4 rings (SSSR count). The maximum atomic E-state index is 12.7. The third-order valence-corrected chi connectivity index (χ3v) is 7.25. The van der Waals surface area contributed by atoms with E-state index in [0.717, 1.165) is 33.5 Å². The molecule has 9 heteroatoms. The van der Waals surface area contributed by atoms with E-state index in [-0.39, 0.29) is 23.6 Å². The highest BCUT2D eigenvalue weighted by Gasteiger charge is 2.35. The molecule has 0 bridgehead atoms. The number of carbonyl (C=O) groups is 3. The molecular formula is C22H19N3O3S3. The Kier molecular flexibility index (Phi) is 6.08. The van der Waals surface area contributed by atoms with Crippen LogP contribution < -0.4 is 4.90 Å². The second kappa shape index (κ2) is 8.78. The van der Waals surface area contributed by atoms with E-state index in [1.807, 2.05) is 49.6 Å². The van der Waals surface area contributed by atoms with Gasteiger partial charge in [-0.2, -0.15) is 0 Å². The van der Waals surface area contributed by atoms with E-state index in [4.69, 9.17) is 0 Å². The van der Waals surface area contributed by atoms with E-state index in [1.165, 1.54) is 34.5 Å². The molecule has 0 unspecified atom stereocenters. The first-order valence-electron chi connectivity index (χ1n) is 9.44. The Balaban J connectivity index is 1.56. The number of hydrogen-bond acceptors (Lipinski definition) is 7. The molecule has 6 nitrogen and oxygen atoms in total. The first-order chi connectivity index (χ1) is 14.8. The molecule has 3 aromatic rings. The zero-order chi connectivity index (χ0) is 22.1. The van der Waals surface area contributed by atoms with Crippen molar-refractivity contribution in [1.29, 1.82) is 0 Å².